The molecule has 0 aromatic heterocycles. The summed E-state index contributed by atoms with van der Waals surface area (Å²) < 4.78 is 59.0. The van der Waals surface area contributed by atoms with Crippen molar-refractivity contribution in [3.05, 3.63) is 99.6 Å². The second kappa shape index (κ2) is 8.92. The van der Waals surface area contributed by atoms with E-state index < -0.39 is 40.8 Å². The molecule has 4 nitrogen and oxygen atoms in total. The molecule has 1 unspecified atom stereocenters. The minimum Gasteiger partial charge on any atom is -0.439 e. The van der Waals surface area contributed by atoms with E-state index in [1.165, 1.54) is 4.90 Å². The molecular formula is C28H24F3NO3S. The molecule has 2 aliphatic heterocycles. The van der Waals surface area contributed by atoms with Crippen molar-refractivity contribution in [2.75, 3.05) is 0 Å². The highest BCUT2D eigenvalue weighted by atomic mass is 32.2. The Kier molecular flexibility index (Phi) is 6.03. The highest BCUT2D eigenvalue weighted by molar-refractivity contribution is 7.95. The first-order chi connectivity index (χ1) is 17.0. The normalized spacial score (nSPS) is 21.4. The van der Waals surface area contributed by atoms with Gasteiger partial charge in [0.05, 0.1) is 38.8 Å². The van der Waals surface area contributed by atoms with E-state index in [2.05, 4.69) is 0 Å². The van der Waals surface area contributed by atoms with Crippen LogP contribution in [-0.4, -0.2) is 21.2 Å². The van der Waals surface area contributed by atoms with Crippen molar-refractivity contribution in [3.63, 3.8) is 0 Å². The summed E-state index contributed by atoms with van der Waals surface area (Å²) in [6.07, 6.45) is -4.03. The Morgan fingerprint density at radius 2 is 1.75 bits per heavy atom. The Balaban J connectivity index is 1.47. The fourth-order valence-corrected chi connectivity index (χ4v) is 6.25. The number of carbonyl (C=O) groups excluding carboxylic acids is 1. The lowest BCUT2D eigenvalue weighted by Gasteiger charge is -2.23. The van der Waals surface area contributed by atoms with Crippen LogP contribution < -0.4 is 0 Å². The predicted molar refractivity (Wildman–Crippen MR) is 132 cm³/mol. The Bertz CT molecular complexity index is 1430. The van der Waals surface area contributed by atoms with Crippen molar-refractivity contribution < 1.29 is 26.9 Å². The lowest BCUT2D eigenvalue weighted by molar-refractivity contribution is -0.137. The van der Waals surface area contributed by atoms with Crippen molar-refractivity contribution >= 4 is 27.9 Å². The third-order valence-corrected chi connectivity index (χ3v) is 8.13. The van der Waals surface area contributed by atoms with Crippen molar-refractivity contribution in [1.82, 2.24) is 4.90 Å². The number of halogens is 3. The number of carbonyl (C=O) groups is 1. The predicted octanol–water partition coefficient (Wildman–Crippen LogP) is 7.02. The standard InChI is InChI=1S/C28H24F3NO3S/c1-16-8-9-23(25-14-19-6-4-5-7-24(19)36(25)34)21(10-16)15-32-18(3)26(35-27(32)33)20-11-17(2)12-22(13-20)28(29,30)31/h4-14,18,26H,15H2,1-3H3/t18-,26-,36?/m0/s1. The first kappa shape index (κ1) is 24.3. The van der Waals surface area contributed by atoms with E-state index in [9.17, 15) is 22.2 Å². The fraction of sp³-hybridized carbons (Fsp3) is 0.250. The van der Waals surface area contributed by atoms with Crippen LogP contribution in [0.3, 0.4) is 0 Å². The van der Waals surface area contributed by atoms with Gasteiger partial charge in [-0.1, -0.05) is 53.6 Å². The third kappa shape index (κ3) is 4.34. The molecule has 36 heavy (non-hydrogen) atoms. The minimum absolute atomic E-state index is 0.177. The number of alkyl halides is 3. The first-order valence-electron chi connectivity index (χ1n) is 11.5. The van der Waals surface area contributed by atoms with Crippen molar-refractivity contribution in [1.29, 1.82) is 0 Å². The molecule has 0 N–H and O–H groups in total. The molecule has 1 fully saturated rings. The van der Waals surface area contributed by atoms with E-state index >= 15 is 0 Å². The zero-order chi connectivity index (χ0) is 25.8. The van der Waals surface area contributed by atoms with Gasteiger partial charge < -0.3 is 4.74 Å². The van der Waals surface area contributed by atoms with E-state index in [1.54, 1.807) is 19.9 Å². The molecule has 0 bridgehead atoms. The number of amides is 1. The summed E-state index contributed by atoms with van der Waals surface area (Å²) in [7, 11) is -1.35. The molecule has 2 heterocycles. The average Bonchev–Trinajstić information content (AvgIpc) is 3.30. The maximum absolute atomic E-state index is 13.4. The van der Waals surface area contributed by atoms with E-state index in [0.29, 0.717) is 16.0 Å². The number of hydrogen-bond donors (Lipinski definition) is 0. The highest BCUT2D eigenvalue weighted by Gasteiger charge is 2.41. The van der Waals surface area contributed by atoms with Gasteiger partial charge in [-0.2, -0.15) is 13.2 Å². The van der Waals surface area contributed by atoms with Crippen LogP contribution in [0.5, 0.6) is 0 Å². The zero-order valence-corrected chi connectivity index (χ0v) is 20.7. The topological polar surface area (TPSA) is 46.6 Å². The molecule has 2 aliphatic rings. The van der Waals surface area contributed by atoms with Crippen LogP contribution in [0.4, 0.5) is 18.0 Å². The summed E-state index contributed by atoms with van der Waals surface area (Å²) >= 11 is 0. The van der Waals surface area contributed by atoms with Crippen molar-refractivity contribution in [3.8, 4) is 0 Å². The average molecular weight is 512 g/mol. The summed E-state index contributed by atoms with van der Waals surface area (Å²) in [5.41, 5.74) is 3.42. The Hall–Kier alpha value is -3.39. The van der Waals surface area contributed by atoms with Crippen LogP contribution in [0.15, 0.2) is 65.6 Å². The smallest absolute Gasteiger partial charge is 0.416 e. The minimum atomic E-state index is -4.50. The lowest BCUT2D eigenvalue weighted by atomic mass is 9.97. The van der Waals surface area contributed by atoms with Gasteiger partial charge in [-0.15, -0.1) is 0 Å². The molecular weight excluding hydrogens is 487 g/mol. The van der Waals surface area contributed by atoms with Crippen LogP contribution in [-0.2, 0) is 28.3 Å². The van der Waals surface area contributed by atoms with Gasteiger partial charge in [0, 0.05) is 0 Å². The number of cyclic esters (lactones) is 1. The number of benzene rings is 3. The highest BCUT2D eigenvalue weighted by Crippen LogP contribution is 2.40. The number of fused-ring (bicyclic) bond motifs is 1. The van der Waals surface area contributed by atoms with E-state index in [0.717, 1.165) is 39.3 Å². The van der Waals surface area contributed by atoms with E-state index in [-0.39, 0.29) is 6.54 Å². The Morgan fingerprint density at radius 3 is 2.47 bits per heavy atom. The van der Waals surface area contributed by atoms with E-state index in [1.807, 2.05) is 55.5 Å². The second-order valence-electron chi connectivity index (χ2n) is 9.28. The van der Waals surface area contributed by atoms with Crippen molar-refractivity contribution in [2.24, 2.45) is 0 Å². The van der Waals surface area contributed by atoms with Gasteiger partial charge >= 0.3 is 12.3 Å². The van der Waals surface area contributed by atoms with Crippen molar-refractivity contribution in [2.45, 2.75) is 50.5 Å². The van der Waals surface area contributed by atoms with Crippen LogP contribution in [0.2, 0.25) is 0 Å². The largest absolute Gasteiger partial charge is 0.439 e. The SMILES string of the molecule is Cc1cc([C@H]2OC(=O)N(Cc3cc(C)ccc3C3=Cc4ccccc4S3=O)[C@H]2C)cc(C(F)(F)F)c1. The Labute approximate surface area is 209 Å². The van der Waals surface area contributed by atoms with Gasteiger partial charge in [0.15, 0.2) is 0 Å². The van der Waals surface area contributed by atoms with Gasteiger partial charge in [0.25, 0.3) is 0 Å². The molecule has 1 saturated heterocycles. The van der Waals surface area contributed by atoms with Gasteiger partial charge in [-0.3, -0.25) is 4.90 Å². The molecule has 8 heteroatoms. The van der Waals surface area contributed by atoms with Crippen LogP contribution in [0, 0.1) is 13.8 Å². The molecule has 186 valence electrons. The van der Waals surface area contributed by atoms with Crippen LogP contribution in [0.1, 0.15) is 52.0 Å². The fourth-order valence-electron chi connectivity index (χ4n) is 4.84. The van der Waals surface area contributed by atoms with Gasteiger partial charge in [-0.05, 0) is 67.3 Å². The van der Waals surface area contributed by atoms with E-state index in [4.69, 9.17) is 4.74 Å². The maximum Gasteiger partial charge on any atom is 0.416 e. The number of rotatable bonds is 4. The Morgan fingerprint density at radius 1 is 1.00 bits per heavy atom. The monoisotopic (exact) mass is 511 g/mol. The number of ether oxygens (including phenoxy) is 1. The molecule has 0 saturated carbocycles. The molecule has 0 spiro atoms. The van der Waals surface area contributed by atoms with Crippen LogP contribution >= 0.6 is 0 Å². The molecule has 5 rings (SSSR count). The van der Waals surface area contributed by atoms with Crippen LogP contribution in [0.25, 0.3) is 11.0 Å². The molecule has 0 radical (unpaired) electrons. The number of aryl methyl sites for hydroxylation is 2. The van der Waals surface area contributed by atoms with Gasteiger partial charge in [0.2, 0.25) is 0 Å². The zero-order valence-electron chi connectivity index (χ0n) is 19.9. The summed E-state index contributed by atoms with van der Waals surface area (Å²) in [4.78, 5) is 15.8. The summed E-state index contributed by atoms with van der Waals surface area (Å²) in [5.74, 6) is 0. The summed E-state index contributed by atoms with van der Waals surface area (Å²) in [5, 5.41) is 0. The summed E-state index contributed by atoms with van der Waals surface area (Å²) in [6.45, 7) is 5.46. The molecule has 3 aromatic rings. The quantitative estimate of drug-likeness (QED) is 0.378. The van der Waals surface area contributed by atoms with Gasteiger partial charge in [-0.25, -0.2) is 9.00 Å². The second-order valence-corrected chi connectivity index (χ2v) is 10.7. The molecule has 0 aliphatic carbocycles. The number of hydrogen-bond acceptors (Lipinski definition) is 3. The molecule has 3 atom stereocenters. The lowest BCUT2D eigenvalue weighted by Crippen LogP contribution is -2.32. The number of nitrogens with zero attached hydrogens (tertiary/aromatic N) is 1. The summed E-state index contributed by atoms with van der Waals surface area (Å²) in [6, 6.07) is 16.5. The maximum atomic E-state index is 13.4. The first-order valence-corrected chi connectivity index (χ1v) is 12.7. The third-order valence-electron chi connectivity index (χ3n) is 6.62. The molecule has 3 aromatic carbocycles. The van der Waals surface area contributed by atoms with Gasteiger partial charge in [0.1, 0.15) is 6.10 Å². The molecule has 1 amide bonds.